The van der Waals surface area contributed by atoms with Crippen LogP contribution < -0.4 is 10.2 Å². The van der Waals surface area contributed by atoms with Crippen molar-refractivity contribution >= 4 is 51.4 Å². The Labute approximate surface area is 172 Å². The molecule has 144 valence electrons. The number of phenolic OH excluding ortho intramolecular Hbond substituents is 1. The van der Waals surface area contributed by atoms with Crippen molar-refractivity contribution < 1.29 is 24.0 Å². The molecule has 2 aromatic carbocycles. The van der Waals surface area contributed by atoms with Crippen molar-refractivity contribution in [3.63, 3.8) is 0 Å². The quantitative estimate of drug-likeness (QED) is 0.232. The molecule has 0 atom stereocenters. The Morgan fingerprint density at radius 3 is 2.89 bits per heavy atom. The molecule has 0 aliphatic carbocycles. The van der Waals surface area contributed by atoms with Gasteiger partial charge in [0.05, 0.1) is 21.3 Å². The first-order valence-corrected chi connectivity index (χ1v) is 9.13. The second-order valence-corrected chi connectivity index (χ2v) is 6.73. The molecular formula is C18H14IN3O6. The van der Waals surface area contributed by atoms with Crippen LogP contribution in [0.1, 0.15) is 23.0 Å². The molecule has 28 heavy (non-hydrogen) atoms. The van der Waals surface area contributed by atoms with E-state index in [9.17, 15) is 20.0 Å². The Bertz CT molecular complexity index is 1090. The van der Waals surface area contributed by atoms with Crippen LogP contribution in [0.4, 0.5) is 5.69 Å². The number of hydrogen-bond donors (Lipinski definition) is 2. The first-order chi connectivity index (χ1) is 13.4. The highest BCUT2D eigenvalue weighted by Gasteiger charge is 2.17. The molecule has 1 heterocycles. The summed E-state index contributed by atoms with van der Waals surface area (Å²) < 4.78 is 11.2. The van der Waals surface area contributed by atoms with Crippen LogP contribution in [0.3, 0.4) is 0 Å². The van der Waals surface area contributed by atoms with Crippen LogP contribution in [0.25, 0.3) is 11.0 Å². The van der Waals surface area contributed by atoms with Crippen molar-refractivity contribution in [1.29, 1.82) is 0 Å². The van der Waals surface area contributed by atoms with Crippen molar-refractivity contribution in [3.8, 4) is 11.5 Å². The van der Waals surface area contributed by atoms with Crippen molar-refractivity contribution in [1.82, 2.24) is 5.43 Å². The van der Waals surface area contributed by atoms with Gasteiger partial charge in [-0.1, -0.05) is 0 Å². The van der Waals surface area contributed by atoms with E-state index in [0.29, 0.717) is 32.5 Å². The zero-order valence-electron chi connectivity index (χ0n) is 14.5. The summed E-state index contributed by atoms with van der Waals surface area (Å²) in [5, 5.41) is 25.1. The predicted octanol–water partition coefficient (Wildman–Crippen LogP) is 3.81. The maximum absolute atomic E-state index is 12.2. The lowest BCUT2D eigenvalue weighted by atomic mass is 10.2. The molecule has 3 aromatic rings. The number of aromatic hydroxyl groups is 1. The number of nitrogens with zero attached hydrogens (tertiary/aromatic N) is 2. The SMILES string of the molecule is CCOc1ccc2oc(C(=O)N/N=C/c3cc(I)c(O)c([N+](=O)[O-])c3)cc2c1. The largest absolute Gasteiger partial charge is 0.501 e. The number of carbonyl (C=O) groups is 1. The first-order valence-electron chi connectivity index (χ1n) is 8.05. The van der Waals surface area contributed by atoms with Crippen LogP contribution in [-0.2, 0) is 0 Å². The van der Waals surface area contributed by atoms with Crippen molar-refractivity contribution in [2.75, 3.05) is 6.61 Å². The van der Waals surface area contributed by atoms with Crippen LogP contribution in [0.15, 0.2) is 45.9 Å². The van der Waals surface area contributed by atoms with Crippen LogP contribution in [0.5, 0.6) is 11.5 Å². The zero-order valence-corrected chi connectivity index (χ0v) is 16.7. The topological polar surface area (TPSA) is 127 Å². The molecule has 0 fully saturated rings. The van der Waals surface area contributed by atoms with E-state index in [2.05, 4.69) is 10.5 Å². The number of nitrogens with one attached hydrogen (secondary N) is 1. The van der Waals surface area contributed by atoms with Gasteiger partial charge < -0.3 is 14.3 Å². The summed E-state index contributed by atoms with van der Waals surface area (Å²) in [5.74, 6) is -0.259. The van der Waals surface area contributed by atoms with Gasteiger partial charge in [-0.15, -0.1) is 0 Å². The van der Waals surface area contributed by atoms with Gasteiger partial charge in [-0.2, -0.15) is 5.10 Å². The summed E-state index contributed by atoms with van der Waals surface area (Å²) in [4.78, 5) is 22.5. The Hall–Kier alpha value is -3.15. The van der Waals surface area contributed by atoms with E-state index in [4.69, 9.17) is 9.15 Å². The molecule has 3 rings (SSSR count). The fraction of sp³-hybridized carbons (Fsp3) is 0.111. The number of ether oxygens (including phenoxy) is 1. The molecule has 1 amide bonds. The molecular weight excluding hydrogens is 481 g/mol. The summed E-state index contributed by atoms with van der Waals surface area (Å²) in [5.41, 5.74) is 2.74. The van der Waals surface area contributed by atoms with Crippen LogP contribution in [0.2, 0.25) is 0 Å². The number of carbonyl (C=O) groups excluding carboxylic acids is 1. The molecule has 0 unspecified atom stereocenters. The van der Waals surface area contributed by atoms with Gasteiger partial charge in [0.1, 0.15) is 11.3 Å². The minimum Gasteiger partial charge on any atom is -0.501 e. The Balaban J connectivity index is 1.75. The zero-order chi connectivity index (χ0) is 20.3. The molecule has 0 radical (unpaired) electrons. The summed E-state index contributed by atoms with van der Waals surface area (Å²) in [7, 11) is 0. The number of hydrazone groups is 1. The third-order valence-corrected chi connectivity index (χ3v) is 4.49. The third-order valence-electron chi connectivity index (χ3n) is 3.66. The molecule has 0 aliphatic heterocycles. The van der Waals surface area contributed by atoms with Crippen molar-refractivity contribution in [3.05, 3.63) is 61.4 Å². The average molecular weight is 495 g/mol. The Kier molecular flexibility index (Phi) is 5.78. The van der Waals surface area contributed by atoms with Crippen molar-refractivity contribution in [2.45, 2.75) is 6.92 Å². The van der Waals surface area contributed by atoms with E-state index in [1.54, 1.807) is 46.9 Å². The maximum atomic E-state index is 12.2. The average Bonchev–Trinajstić information content (AvgIpc) is 3.08. The van der Waals surface area contributed by atoms with E-state index in [1.165, 1.54) is 12.3 Å². The highest BCUT2D eigenvalue weighted by Crippen LogP contribution is 2.31. The lowest BCUT2D eigenvalue weighted by Gasteiger charge is -2.01. The molecule has 0 saturated heterocycles. The molecule has 0 spiro atoms. The van der Waals surface area contributed by atoms with Crippen LogP contribution in [0, 0.1) is 13.7 Å². The second kappa shape index (κ2) is 8.25. The smallest absolute Gasteiger partial charge is 0.312 e. The van der Waals surface area contributed by atoms with Crippen molar-refractivity contribution in [2.24, 2.45) is 5.10 Å². The highest BCUT2D eigenvalue weighted by atomic mass is 127. The number of rotatable bonds is 6. The van der Waals surface area contributed by atoms with Crippen LogP contribution >= 0.6 is 22.6 Å². The lowest BCUT2D eigenvalue weighted by molar-refractivity contribution is -0.386. The molecule has 10 heteroatoms. The van der Waals surface area contributed by atoms with Crippen LogP contribution in [-0.4, -0.2) is 28.8 Å². The van der Waals surface area contributed by atoms with E-state index in [1.807, 2.05) is 6.92 Å². The number of benzene rings is 2. The van der Waals surface area contributed by atoms with Gasteiger partial charge in [-0.3, -0.25) is 14.9 Å². The van der Waals surface area contributed by atoms with E-state index in [-0.39, 0.29) is 5.76 Å². The highest BCUT2D eigenvalue weighted by molar-refractivity contribution is 14.1. The van der Waals surface area contributed by atoms with Gasteiger partial charge in [-0.25, -0.2) is 5.43 Å². The maximum Gasteiger partial charge on any atom is 0.312 e. The standard InChI is InChI=1S/C18H14IN3O6/c1-2-27-12-3-4-15-11(7-12)8-16(28-15)18(24)21-20-9-10-5-13(19)17(23)14(6-10)22(25)26/h3-9,23H,2H2,1H3,(H,21,24)/b20-9+. The number of amides is 1. The number of nitro benzene ring substituents is 1. The lowest BCUT2D eigenvalue weighted by Crippen LogP contribution is -2.16. The molecule has 0 aliphatic rings. The van der Waals surface area contributed by atoms with Gasteiger partial charge in [0, 0.05) is 17.0 Å². The molecule has 0 bridgehead atoms. The summed E-state index contributed by atoms with van der Waals surface area (Å²) in [6.07, 6.45) is 1.24. The first kappa shape index (κ1) is 19.6. The Morgan fingerprint density at radius 2 is 2.18 bits per heavy atom. The summed E-state index contributed by atoms with van der Waals surface area (Å²) in [6.45, 7) is 2.40. The van der Waals surface area contributed by atoms with Gasteiger partial charge in [0.2, 0.25) is 5.75 Å². The fourth-order valence-electron chi connectivity index (χ4n) is 2.43. The fourth-order valence-corrected chi connectivity index (χ4v) is 3.06. The minimum absolute atomic E-state index is 0.0621. The van der Waals surface area contributed by atoms with E-state index in [0.717, 1.165) is 6.07 Å². The second-order valence-electron chi connectivity index (χ2n) is 5.57. The number of phenols is 1. The van der Waals surface area contributed by atoms with Gasteiger partial charge in [-0.05, 0) is 59.8 Å². The number of furan rings is 1. The molecule has 9 nitrogen and oxygen atoms in total. The number of nitro groups is 1. The number of hydrogen-bond acceptors (Lipinski definition) is 7. The van der Waals surface area contributed by atoms with Gasteiger partial charge in [0.25, 0.3) is 0 Å². The normalized spacial score (nSPS) is 11.1. The summed E-state index contributed by atoms with van der Waals surface area (Å²) >= 11 is 1.77. The summed E-state index contributed by atoms with van der Waals surface area (Å²) in [6, 6.07) is 9.43. The van der Waals surface area contributed by atoms with Gasteiger partial charge >= 0.3 is 11.6 Å². The van der Waals surface area contributed by atoms with Gasteiger partial charge in [0.15, 0.2) is 5.76 Å². The molecule has 2 N–H and O–H groups in total. The Morgan fingerprint density at radius 1 is 1.39 bits per heavy atom. The van der Waals surface area contributed by atoms with E-state index < -0.39 is 22.3 Å². The molecule has 0 saturated carbocycles. The predicted molar refractivity (Wildman–Crippen MR) is 110 cm³/mol. The third kappa shape index (κ3) is 4.22. The molecule has 1 aromatic heterocycles. The number of halogens is 1. The van der Waals surface area contributed by atoms with E-state index >= 15 is 0 Å². The number of fused-ring (bicyclic) bond motifs is 1. The monoisotopic (exact) mass is 495 g/mol. The minimum atomic E-state index is -0.696.